The van der Waals surface area contributed by atoms with E-state index >= 15 is 0 Å². The highest BCUT2D eigenvalue weighted by Gasteiger charge is 2.10. The monoisotopic (exact) mass is 157 g/mol. The van der Waals surface area contributed by atoms with Crippen LogP contribution in [0.25, 0.3) is 0 Å². The average Bonchev–Trinajstić information content (AvgIpc) is 2.00. The number of hydrogen-bond donors (Lipinski definition) is 1. The Morgan fingerprint density at radius 3 is 2.45 bits per heavy atom. The molecular weight excluding hydrogens is 138 g/mol. The highest BCUT2D eigenvalue weighted by molar-refractivity contribution is 5.83. The number of carbonyl (C=O) groups is 1. The zero-order valence-electron chi connectivity index (χ0n) is 7.60. The molecule has 0 fully saturated rings. The van der Waals surface area contributed by atoms with Crippen LogP contribution in [0.3, 0.4) is 0 Å². The summed E-state index contributed by atoms with van der Waals surface area (Å²) in [6.45, 7) is 4.13. The number of rotatable bonds is 6. The van der Waals surface area contributed by atoms with Crippen LogP contribution in [0.1, 0.15) is 46.0 Å². The van der Waals surface area contributed by atoms with Crippen LogP contribution in [0.2, 0.25) is 0 Å². The fourth-order valence-corrected chi connectivity index (χ4v) is 1.01. The highest BCUT2D eigenvalue weighted by atomic mass is 16.1. The molecule has 0 saturated carbocycles. The summed E-state index contributed by atoms with van der Waals surface area (Å²) in [5.41, 5.74) is 5.62. The maximum Gasteiger partial charge on any atom is 0.149 e. The van der Waals surface area contributed by atoms with Gasteiger partial charge in [0, 0.05) is 6.42 Å². The minimum absolute atomic E-state index is 0.202. The number of nitrogens with two attached hydrogens (primary N) is 1. The van der Waals surface area contributed by atoms with Gasteiger partial charge >= 0.3 is 0 Å². The molecular formula is C9H19NO. The lowest BCUT2D eigenvalue weighted by Gasteiger charge is -2.07. The van der Waals surface area contributed by atoms with E-state index in [1.54, 1.807) is 0 Å². The van der Waals surface area contributed by atoms with Gasteiger partial charge in [0.25, 0.3) is 0 Å². The second kappa shape index (κ2) is 6.35. The van der Waals surface area contributed by atoms with Gasteiger partial charge in [0.15, 0.2) is 0 Å². The van der Waals surface area contributed by atoms with Crippen molar-refractivity contribution < 1.29 is 4.79 Å². The number of unbranched alkanes of at least 4 members (excludes halogenated alkanes) is 1. The smallest absolute Gasteiger partial charge is 0.149 e. The van der Waals surface area contributed by atoms with E-state index in [1.165, 1.54) is 0 Å². The molecule has 1 atom stereocenters. The van der Waals surface area contributed by atoms with E-state index in [9.17, 15) is 4.79 Å². The Kier molecular flexibility index (Phi) is 6.13. The van der Waals surface area contributed by atoms with Gasteiger partial charge in [-0.3, -0.25) is 4.79 Å². The quantitative estimate of drug-likeness (QED) is 0.639. The van der Waals surface area contributed by atoms with E-state index in [4.69, 9.17) is 5.73 Å². The first-order valence-electron chi connectivity index (χ1n) is 4.50. The Morgan fingerprint density at radius 2 is 2.00 bits per heavy atom. The Labute approximate surface area is 69.2 Å². The van der Waals surface area contributed by atoms with Gasteiger partial charge < -0.3 is 5.73 Å². The van der Waals surface area contributed by atoms with Gasteiger partial charge in [0.1, 0.15) is 5.78 Å². The molecule has 2 heteroatoms. The van der Waals surface area contributed by atoms with Crippen LogP contribution in [0, 0.1) is 0 Å². The molecule has 0 bridgehead atoms. The molecule has 2 nitrogen and oxygen atoms in total. The minimum atomic E-state index is -0.202. The molecule has 11 heavy (non-hydrogen) atoms. The lowest BCUT2D eigenvalue weighted by molar-refractivity contribution is -0.120. The summed E-state index contributed by atoms with van der Waals surface area (Å²) in [6.07, 6.45) is 4.56. The van der Waals surface area contributed by atoms with Gasteiger partial charge in [0.2, 0.25) is 0 Å². The number of hydrogen-bond acceptors (Lipinski definition) is 2. The first-order valence-corrected chi connectivity index (χ1v) is 4.50. The van der Waals surface area contributed by atoms with Crippen molar-refractivity contribution in [2.75, 3.05) is 0 Å². The fourth-order valence-electron chi connectivity index (χ4n) is 1.01. The molecule has 0 saturated heterocycles. The van der Waals surface area contributed by atoms with Crippen LogP contribution < -0.4 is 5.73 Å². The van der Waals surface area contributed by atoms with Crippen molar-refractivity contribution in [3.8, 4) is 0 Å². The van der Waals surface area contributed by atoms with Gasteiger partial charge in [-0.25, -0.2) is 0 Å². The summed E-state index contributed by atoms with van der Waals surface area (Å²) in [7, 11) is 0. The van der Waals surface area contributed by atoms with Crippen molar-refractivity contribution in [3.63, 3.8) is 0 Å². The third kappa shape index (κ3) is 4.96. The van der Waals surface area contributed by atoms with Crippen LogP contribution in [-0.4, -0.2) is 11.8 Å². The average molecular weight is 157 g/mol. The van der Waals surface area contributed by atoms with Crippen molar-refractivity contribution in [2.24, 2.45) is 5.73 Å². The second-order valence-electron chi connectivity index (χ2n) is 2.97. The molecule has 0 aromatic heterocycles. The molecule has 0 rings (SSSR count). The van der Waals surface area contributed by atoms with Gasteiger partial charge in [-0.2, -0.15) is 0 Å². The maximum atomic E-state index is 11.2. The van der Waals surface area contributed by atoms with Crippen molar-refractivity contribution >= 4 is 5.78 Å². The number of carbonyl (C=O) groups excluding carboxylic acids is 1. The largest absolute Gasteiger partial charge is 0.322 e. The maximum absolute atomic E-state index is 11.2. The molecule has 2 N–H and O–H groups in total. The molecule has 0 aromatic rings. The zero-order valence-corrected chi connectivity index (χ0v) is 7.60. The molecule has 0 unspecified atom stereocenters. The molecule has 0 aliphatic rings. The van der Waals surface area contributed by atoms with Gasteiger partial charge in [-0.05, 0) is 12.8 Å². The molecule has 0 heterocycles. The summed E-state index contributed by atoms with van der Waals surface area (Å²) in [5.74, 6) is 0.230. The standard InChI is InChI=1S/C9H19NO/c1-3-5-7-9(11)8(10)6-4-2/h8H,3-7,10H2,1-2H3/t8-/m1/s1. The van der Waals surface area contributed by atoms with Gasteiger partial charge in [-0.15, -0.1) is 0 Å². The zero-order chi connectivity index (χ0) is 8.69. The van der Waals surface area contributed by atoms with Crippen LogP contribution >= 0.6 is 0 Å². The van der Waals surface area contributed by atoms with Crippen LogP contribution in [0.5, 0.6) is 0 Å². The summed E-state index contributed by atoms with van der Waals surface area (Å²) in [4.78, 5) is 11.2. The third-order valence-corrected chi connectivity index (χ3v) is 1.79. The van der Waals surface area contributed by atoms with Gasteiger partial charge in [0.05, 0.1) is 6.04 Å². The number of Topliss-reactive ketones (excluding diaryl/α,β-unsaturated/α-hetero) is 1. The van der Waals surface area contributed by atoms with Crippen molar-refractivity contribution in [1.29, 1.82) is 0 Å². The van der Waals surface area contributed by atoms with Crippen molar-refractivity contribution in [3.05, 3.63) is 0 Å². The number of ketones is 1. The van der Waals surface area contributed by atoms with Crippen molar-refractivity contribution in [2.45, 2.75) is 52.0 Å². The lowest BCUT2D eigenvalue weighted by Crippen LogP contribution is -2.29. The first-order chi connectivity index (χ1) is 5.22. The van der Waals surface area contributed by atoms with E-state index in [0.29, 0.717) is 6.42 Å². The third-order valence-electron chi connectivity index (χ3n) is 1.79. The predicted octanol–water partition coefficient (Wildman–Crippen LogP) is 1.87. The summed E-state index contributed by atoms with van der Waals surface area (Å²) >= 11 is 0. The highest BCUT2D eigenvalue weighted by Crippen LogP contribution is 2.01. The SMILES string of the molecule is CCCCC(=O)[C@H](N)CCC. The molecule has 0 amide bonds. The Balaban J connectivity index is 3.47. The Morgan fingerprint density at radius 1 is 1.36 bits per heavy atom. The van der Waals surface area contributed by atoms with E-state index in [2.05, 4.69) is 6.92 Å². The second-order valence-corrected chi connectivity index (χ2v) is 2.97. The van der Waals surface area contributed by atoms with Crippen LogP contribution in [0.15, 0.2) is 0 Å². The van der Waals surface area contributed by atoms with Crippen LogP contribution in [-0.2, 0) is 4.79 Å². The van der Waals surface area contributed by atoms with Crippen LogP contribution in [0.4, 0.5) is 0 Å². The van der Waals surface area contributed by atoms with Crippen molar-refractivity contribution in [1.82, 2.24) is 0 Å². The van der Waals surface area contributed by atoms with E-state index in [-0.39, 0.29) is 11.8 Å². The lowest BCUT2D eigenvalue weighted by atomic mass is 10.0. The first kappa shape index (κ1) is 10.6. The molecule has 0 spiro atoms. The molecule has 0 radical (unpaired) electrons. The molecule has 66 valence electrons. The summed E-state index contributed by atoms with van der Waals surface area (Å²) in [5, 5.41) is 0. The van der Waals surface area contributed by atoms with E-state index < -0.39 is 0 Å². The summed E-state index contributed by atoms with van der Waals surface area (Å²) < 4.78 is 0. The van der Waals surface area contributed by atoms with E-state index in [0.717, 1.165) is 25.7 Å². The van der Waals surface area contributed by atoms with E-state index in [1.807, 2.05) is 6.92 Å². The Bertz CT molecular complexity index is 112. The predicted molar refractivity (Wildman–Crippen MR) is 47.4 cm³/mol. The molecule has 0 aromatic carbocycles. The topological polar surface area (TPSA) is 43.1 Å². The summed E-state index contributed by atoms with van der Waals surface area (Å²) in [6, 6.07) is -0.202. The van der Waals surface area contributed by atoms with Gasteiger partial charge in [-0.1, -0.05) is 26.7 Å². The molecule has 0 aliphatic carbocycles. The Hall–Kier alpha value is -0.370. The molecule has 0 aliphatic heterocycles. The minimum Gasteiger partial charge on any atom is -0.322 e. The fraction of sp³-hybridized carbons (Fsp3) is 0.889. The normalized spacial score (nSPS) is 13.0.